The summed E-state index contributed by atoms with van der Waals surface area (Å²) in [5.41, 5.74) is 0. The van der Waals surface area contributed by atoms with E-state index in [-0.39, 0.29) is 17.0 Å². The van der Waals surface area contributed by atoms with Gasteiger partial charge in [0.2, 0.25) is 0 Å². The van der Waals surface area contributed by atoms with E-state index in [0.717, 1.165) is 23.5 Å². The number of rotatable bonds is 7. The molecule has 0 bridgehead atoms. The molecule has 4 nitrogen and oxygen atoms in total. The molecule has 15 heavy (non-hydrogen) atoms. The first-order valence-corrected chi connectivity index (χ1v) is 6.78. The fourth-order valence-corrected chi connectivity index (χ4v) is 3.03. The van der Waals surface area contributed by atoms with Crippen LogP contribution in [0.25, 0.3) is 0 Å². The molecule has 0 aromatic rings. The maximum absolute atomic E-state index is 5.34. The molecule has 0 saturated carbocycles. The summed E-state index contributed by atoms with van der Waals surface area (Å²) in [5.74, 6) is 0. The average molecular weight is 302 g/mol. The van der Waals surface area contributed by atoms with Gasteiger partial charge in [0, 0.05) is 33.8 Å². The molecule has 0 aromatic heterocycles. The van der Waals surface area contributed by atoms with Crippen LogP contribution in [0.2, 0.25) is 6.04 Å². The highest BCUT2D eigenvalue weighted by Crippen LogP contribution is 2.15. The minimum absolute atomic E-state index is 0. The van der Waals surface area contributed by atoms with Crippen LogP contribution in [-0.2, 0) is 13.3 Å². The number of halogens is 1. The van der Waals surface area contributed by atoms with Gasteiger partial charge in [-0.2, -0.15) is 0 Å². The third-order valence-corrected chi connectivity index (χ3v) is 5.08. The van der Waals surface area contributed by atoms with Gasteiger partial charge in [-0.25, -0.2) is 0 Å². The second-order valence-corrected chi connectivity index (χ2v) is 7.50. The van der Waals surface area contributed by atoms with Crippen LogP contribution in [0.1, 0.15) is 6.42 Å². The van der Waals surface area contributed by atoms with E-state index in [2.05, 4.69) is 21.1 Å². The minimum Gasteiger partial charge on any atom is -1.00 e. The van der Waals surface area contributed by atoms with E-state index in [1.165, 1.54) is 0 Å². The van der Waals surface area contributed by atoms with Crippen LogP contribution in [-0.4, -0.2) is 62.3 Å². The molecular weight excluding hydrogens is 278 g/mol. The molecule has 0 radical (unpaired) electrons. The Morgan fingerprint density at radius 1 is 0.933 bits per heavy atom. The highest BCUT2D eigenvalue weighted by Gasteiger charge is 2.37. The number of hydrogen-bond acceptors (Lipinski definition) is 3. The van der Waals surface area contributed by atoms with Gasteiger partial charge in [0.1, 0.15) is 0 Å². The van der Waals surface area contributed by atoms with Crippen molar-refractivity contribution < 1.29 is 34.7 Å². The summed E-state index contributed by atoms with van der Waals surface area (Å²) in [5, 5.41) is 0. The number of nitrogens with zero attached hydrogens (tertiary/aromatic N) is 1. The second-order valence-electron chi connectivity index (χ2n) is 4.41. The summed E-state index contributed by atoms with van der Waals surface area (Å²) in [6.07, 6.45) is 1.06. The first kappa shape index (κ1) is 17.9. The lowest BCUT2D eigenvalue weighted by Crippen LogP contribution is -3.00. The van der Waals surface area contributed by atoms with Crippen LogP contribution >= 0.6 is 0 Å². The highest BCUT2D eigenvalue weighted by atomic mass is 79.9. The van der Waals surface area contributed by atoms with Crippen LogP contribution in [0.3, 0.4) is 0 Å². The highest BCUT2D eigenvalue weighted by molar-refractivity contribution is 6.60. The third-order valence-electron chi connectivity index (χ3n) is 2.24. The molecule has 0 fully saturated rings. The fourth-order valence-electron chi connectivity index (χ4n) is 1.33. The van der Waals surface area contributed by atoms with Gasteiger partial charge in [0.15, 0.2) is 0 Å². The zero-order valence-electron chi connectivity index (χ0n) is 10.7. The maximum Gasteiger partial charge on any atom is 0.500 e. The zero-order chi connectivity index (χ0) is 11.2. The molecule has 0 heterocycles. The molecule has 0 atom stereocenters. The summed E-state index contributed by atoms with van der Waals surface area (Å²) in [6.45, 7) is 1.10. The van der Waals surface area contributed by atoms with Gasteiger partial charge in [0.25, 0.3) is 0 Å². The van der Waals surface area contributed by atoms with Crippen LogP contribution in [0, 0.1) is 0 Å². The summed E-state index contributed by atoms with van der Waals surface area (Å²) < 4.78 is 17.0. The predicted molar refractivity (Wildman–Crippen MR) is 59.1 cm³/mol. The molecule has 0 aliphatic heterocycles. The molecular formula is C9H24BrNO3Si. The molecule has 0 aliphatic carbocycles. The van der Waals surface area contributed by atoms with Gasteiger partial charge in [-0.3, -0.25) is 0 Å². The SMILES string of the molecule is CO[Si](CCC[N+](C)(C)C)(OC)OC.[Br-]. The average Bonchev–Trinajstić information content (AvgIpc) is 2.11. The largest absolute Gasteiger partial charge is 1.00 e. The van der Waals surface area contributed by atoms with Gasteiger partial charge < -0.3 is 34.7 Å². The van der Waals surface area contributed by atoms with Gasteiger partial charge in [-0.15, -0.1) is 0 Å². The lowest BCUT2D eigenvalue weighted by molar-refractivity contribution is -0.870. The van der Waals surface area contributed by atoms with Gasteiger partial charge in [0.05, 0.1) is 27.7 Å². The summed E-state index contributed by atoms with van der Waals surface area (Å²) >= 11 is 0. The fraction of sp³-hybridized carbons (Fsp3) is 1.00. The van der Waals surface area contributed by atoms with Crippen molar-refractivity contribution in [3.05, 3.63) is 0 Å². The van der Waals surface area contributed by atoms with Crippen molar-refractivity contribution in [3.8, 4) is 0 Å². The van der Waals surface area contributed by atoms with Crippen molar-refractivity contribution in [1.29, 1.82) is 0 Å². The number of quaternary nitrogens is 1. The topological polar surface area (TPSA) is 27.7 Å². The number of hydrogen-bond donors (Lipinski definition) is 0. The third kappa shape index (κ3) is 7.43. The van der Waals surface area contributed by atoms with E-state index >= 15 is 0 Å². The zero-order valence-corrected chi connectivity index (χ0v) is 13.3. The van der Waals surface area contributed by atoms with Crippen molar-refractivity contribution in [2.75, 3.05) is 49.0 Å². The van der Waals surface area contributed by atoms with E-state index in [4.69, 9.17) is 13.3 Å². The second kappa shape index (κ2) is 7.75. The van der Waals surface area contributed by atoms with E-state index in [0.29, 0.717) is 0 Å². The van der Waals surface area contributed by atoms with E-state index in [1.807, 2.05) is 0 Å². The van der Waals surface area contributed by atoms with Crippen LogP contribution < -0.4 is 17.0 Å². The molecule has 0 rings (SSSR count). The Bertz CT molecular complexity index is 152. The predicted octanol–water partition coefficient (Wildman–Crippen LogP) is -2.04. The lowest BCUT2D eigenvalue weighted by Gasteiger charge is -2.27. The molecule has 0 amide bonds. The lowest BCUT2D eigenvalue weighted by atomic mass is 10.4. The van der Waals surface area contributed by atoms with Crippen molar-refractivity contribution in [1.82, 2.24) is 0 Å². The first-order valence-electron chi connectivity index (χ1n) is 4.85. The molecule has 94 valence electrons. The molecule has 0 saturated heterocycles. The van der Waals surface area contributed by atoms with Crippen molar-refractivity contribution in [2.45, 2.75) is 12.5 Å². The van der Waals surface area contributed by atoms with Gasteiger partial charge in [-0.05, 0) is 0 Å². The Kier molecular flexibility index (Phi) is 9.26. The van der Waals surface area contributed by atoms with Crippen molar-refractivity contribution in [2.24, 2.45) is 0 Å². The van der Waals surface area contributed by atoms with Gasteiger partial charge in [-0.1, -0.05) is 0 Å². The van der Waals surface area contributed by atoms with Crippen LogP contribution in [0.15, 0.2) is 0 Å². The minimum atomic E-state index is -2.33. The van der Waals surface area contributed by atoms with E-state index < -0.39 is 8.80 Å². The Labute approximate surface area is 105 Å². The Hall–Kier alpha value is 0.537. The smallest absolute Gasteiger partial charge is 0.500 e. The summed E-state index contributed by atoms with van der Waals surface area (Å²) in [4.78, 5) is 0. The maximum atomic E-state index is 5.34. The molecule has 6 heteroatoms. The Balaban J connectivity index is 0. The van der Waals surface area contributed by atoms with Crippen molar-refractivity contribution >= 4 is 8.80 Å². The van der Waals surface area contributed by atoms with Crippen LogP contribution in [0.4, 0.5) is 0 Å². The van der Waals surface area contributed by atoms with Crippen LogP contribution in [0.5, 0.6) is 0 Å². The van der Waals surface area contributed by atoms with E-state index in [1.54, 1.807) is 21.3 Å². The van der Waals surface area contributed by atoms with E-state index in [9.17, 15) is 0 Å². The Morgan fingerprint density at radius 2 is 1.33 bits per heavy atom. The molecule has 0 N–H and O–H groups in total. The molecule has 0 spiro atoms. The normalized spacial score (nSPS) is 12.4. The van der Waals surface area contributed by atoms with Crippen molar-refractivity contribution in [3.63, 3.8) is 0 Å². The molecule has 0 aromatic carbocycles. The molecule has 0 unspecified atom stereocenters. The standard InChI is InChI=1S/C9H24NO3Si.BrH/c1-10(2,3)8-7-9-14(11-4,12-5)13-6;/h7-9H2,1-6H3;1H/q+1;/p-1. The monoisotopic (exact) mass is 301 g/mol. The first-order chi connectivity index (χ1) is 6.39. The quantitative estimate of drug-likeness (QED) is 0.401. The summed E-state index contributed by atoms with van der Waals surface area (Å²) in [7, 11) is 9.18. The summed E-state index contributed by atoms with van der Waals surface area (Å²) in [6, 6.07) is 0.881. The molecule has 0 aliphatic rings. The van der Waals surface area contributed by atoms with Gasteiger partial charge >= 0.3 is 8.80 Å². The Morgan fingerprint density at radius 3 is 1.60 bits per heavy atom.